The Morgan fingerprint density at radius 1 is 1.38 bits per heavy atom. The number of aromatic nitrogens is 1. The summed E-state index contributed by atoms with van der Waals surface area (Å²) in [4.78, 5) is 5.75. The Morgan fingerprint density at radius 3 is 2.15 bits per heavy atom. The topological polar surface area (TPSA) is 38.9 Å². The predicted octanol–water partition coefficient (Wildman–Crippen LogP) is 2.77. The molecule has 0 amide bonds. The quantitative estimate of drug-likeness (QED) is 0.753. The molecule has 1 aromatic heterocycles. The number of aryl methyl sites for hydroxylation is 1. The lowest BCUT2D eigenvalue weighted by Crippen LogP contribution is -2.10. The molecule has 0 aromatic carbocycles. The van der Waals surface area contributed by atoms with Gasteiger partial charge in [0.25, 0.3) is 0 Å². The molecule has 0 unspecified atom stereocenters. The standard InChI is InChI=1S/C10H18N2S/c1-6(11)8-7(2)12-9(13-8)10(3,4)5/h6H,11H2,1-5H3/t6-/m1/s1. The van der Waals surface area contributed by atoms with Crippen LogP contribution in [-0.2, 0) is 5.41 Å². The van der Waals surface area contributed by atoms with E-state index < -0.39 is 0 Å². The second-order valence-electron chi connectivity index (χ2n) is 4.51. The Hall–Kier alpha value is -0.410. The van der Waals surface area contributed by atoms with Crippen molar-refractivity contribution in [2.75, 3.05) is 0 Å². The fraction of sp³-hybridized carbons (Fsp3) is 0.700. The summed E-state index contributed by atoms with van der Waals surface area (Å²) in [5, 5.41) is 1.18. The molecule has 1 heterocycles. The first kappa shape index (κ1) is 10.7. The summed E-state index contributed by atoms with van der Waals surface area (Å²) in [5.41, 5.74) is 7.07. The summed E-state index contributed by atoms with van der Waals surface area (Å²) in [7, 11) is 0. The van der Waals surface area contributed by atoms with Gasteiger partial charge in [-0.3, -0.25) is 0 Å². The molecule has 0 aliphatic rings. The van der Waals surface area contributed by atoms with E-state index in [4.69, 9.17) is 5.73 Å². The second kappa shape index (κ2) is 3.39. The van der Waals surface area contributed by atoms with E-state index in [-0.39, 0.29) is 11.5 Å². The van der Waals surface area contributed by atoms with Gasteiger partial charge in [-0.05, 0) is 13.8 Å². The average molecular weight is 198 g/mol. The van der Waals surface area contributed by atoms with Gasteiger partial charge in [-0.1, -0.05) is 20.8 Å². The summed E-state index contributed by atoms with van der Waals surface area (Å²) in [6.07, 6.45) is 0. The van der Waals surface area contributed by atoms with Crippen LogP contribution in [0.2, 0.25) is 0 Å². The molecule has 0 aliphatic carbocycles. The minimum atomic E-state index is 0.105. The molecule has 0 aliphatic heterocycles. The fourth-order valence-corrected chi connectivity index (χ4v) is 2.23. The van der Waals surface area contributed by atoms with Crippen LogP contribution in [-0.4, -0.2) is 4.98 Å². The van der Waals surface area contributed by atoms with Gasteiger partial charge in [-0.2, -0.15) is 0 Å². The number of hydrogen-bond acceptors (Lipinski definition) is 3. The fourth-order valence-electron chi connectivity index (χ4n) is 1.15. The van der Waals surface area contributed by atoms with Gasteiger partial charge in [0, 0.05) is 16.3 Å². The van der Waals surface area contributed by atoms with Crippen LogP contribution in [0.25, 0.3) is 0 Å². The van der Waals surface area contributed by atoms with Crippen LogP contribution in [0.3, 0.4) is 0 Å². The van der Waals surface area contributed by atoms with Gasteiger partial charge in [-0.15, -0.1) is 11.3 Å². The third-order valence-electron chi connectivity index (χ3n) is 1.89. The van der Waals surface area contributed by atoms with Crippen molar-refractivity contribution in [1.82, 2.24) is 4.98 Å². The SMILES string of the molecule is Cc1nc(C(C)(C)C)sc1[C@@H](C)N. The van der Waals surface area contributed by atoms with Crippen LogP contribution in [0.15, 0.2) is 0 Å². The lowest BCUT2D eigenvalue weighted by molar-refractivity contribution is 0.584. The molecule has 1 atom stereocenters. The minimum absolute atomic E-state index is 0.105. The molecule has 2 nitrogen and oxygen atoms in total. The Kier molecular flexibility index (Phi) is 2.78. The summed E-state index contributed by atoms with van der Waals surface area (Å²) < 4.78 is 0. The molecule has 0 bridgehead atoms. The van der Waals surface area contributed by atoms with Crippen molar-refractivity contribution in [3.05, 3.63) is 15.6 Å². The van der Waals surface area contributed by atoms with Crippen LogP contribution in [0.5, 0.6) is 0 Å². The van der Waals surface area contributed by atoms with Crippen LogP contribution in [0, 0.1) is 6.92 Å². The summed E-state index contributed by atoms with van der Waals surface area (Å²) in [6, 6.07) is 0.105. The molecule has 13 heavy (non-hydrogen) atoms. The zero-order chi connectivity index (χ0) is 10.2. The molecule has 1 aromatic rings. The maximum Gasteiger partial charge on any atom is 0.0985 e. The highest BCUT2D eigenvalue weighted by atomic mass is 32.1. The Labute approximate surface area is 84.2 Å². The zero-order valence-electron chi connectivity index (χ0n) is 9.01. The van der Waals surface area contributed by atoms with Crippen molar-refractivity contribution in [2.24, 2.45) is 5.73 Å². The van der Waals surface area contributed by atoms with Crippen molar-refractivity contribution in [3.63, 3.8) is 0 Å². The first-order valence-electron chi connectivity index (χ1n) is 4.55. The van der Waals surface area contributed by atoms with Gasteiger partial charge in [0.15, 0.2) is 0 Å². The number of thiazole rings is 1. The summed E-state index contributed by atoms with van der Waals surface area (Å²) in [5.74, 6) is 0. The van der Waals surface area contributed by atoms with Crippen LogP contribution in [0.1, 0.15) is 49.3 Å². The lowest BCUT2D eigenvalue weighted by atomic mass is 9.98. The van der Waals surface area contributed by atoms with E-state index in [2.05, 4.69) is 25.8 Å². The van der Waals surface area contributed by atoms with Crippen LogP contribution >= 0.6 is 11.3 Å². The Bertz CT molecular complexity index is 294. The summed E-state index contributed by atoms with van der Waals surface area (Å²) >= 11 is 1.74. The molecular weight excluding hydrogens is 180 g/mol. The first-order chi connectivity index (χ1) is 5.82. The number of rotatable bonds is 1. The maximum atomic E-state index is 5.84. The van der Waals surface area contributed by atoms with Gasteiger partial charge in [-0.25, -0.2) is 4.98 Å². The van der Waals surface area contributed by atoms with Crippen molar-refractivity contribution < 1.29 is 0 Å². The molecule has 1 rings (SSSR count). The van der Waals surface area contributed by atoms with Gasteiger partial charge in [0.1, 0.15) is 0 Å². The van der Waals surface area contributed by atoms with Crippen molar-refractivity contribution in [2.45, 2.75) is 46.1 Å². The predicted molar refractivity (Wildman–Crippen MR) is 58.2 cm³/mol. The number of nitrogens with two attached hydrogens (primary N) is 1. The second-order valence-corrected chi connectivity index (χ2v) is 5.54. The molecule has 3 heteroatoms. The van der Waals surface area contributed by atoms with E-state index in [1.165, 1.54) is 9.88 Å². The molecule has 0 spiro atoms. The minimum Gasteiger partial charge on any atom is -0.323 e. The first-order valence-corrected chi connectivity index (χ1v) is 5.37. The number of nitrogens with zero attached hydrogens (tertiary/aromatic N) is 1. The van der Waals surface area contributed by atoms with Gasteiger partial charge < -0.3 is 5.73 Å². The largest absolute Gasteiger partial charge is 0.323 e. The molecule has 0 saturated heterocycles. The normalized spacial score (nSPS) is 14.6. The van der Waals surface area contributed by atoms with E-state index in [0.29, 0.717) is 0 Å². The third-order valence-corrected chi connectivity index (χ3v) is 3.67. The molecule has 2 N–H and O–H groups in total. The van der Waals surface area contributed by atoms with Crippen molar-refractivity contribution in [3.8, 4) is 0 Å². The monoisotopic (exact) mass is 198 g/mol. The highest BCUT2D eigenvalue weighted by molar-refractivity contribution is 7.12. The van der Waals surface area contributed by atoms with Crippen molar-refractivity contribution in [1.29, 1.82) is 0 Å². The van der Waals surface area contributed by atoms with Crippen molar-refractivity contribution >= 4 is 11.3 Å². The molecule has 0 saturated carbocycles. The maximum absolute atomic E-state index is 5.84. The molecular formula is C10H18N2S. The molecule has 74 valence electrons. The van der Waals surface area contributed by atoms with E-state index in [1.54, 1.807) is 11.3 Å². The average Bonchev–Trinajstić information content (AvgIpc) is 2.29. The van der Waals surface area contributed by atoms with Gasteiger partial charge in [0.05, 0.1) is 10.7 Å². The van der Waals surface area contributed by atoms with E-state index in [1.807, 2.05) is 13.8 Å². The number of hydrogen-bond donors (Lipinski definition) is 1. The highest BCUT2D eigenvalue weighted by Gasteiger charge is 2.20. The van der Waals surface area contributed by atoms with E-state index in [0.717, 1.165) is 5.69 Å². The molecule has 0 radical (unpaired) electrons. The highest BCUT2D eigenvalue weighted by Crippen LogP contribution is 2.31. The van der Waals surface area contributed by atoms with E-state index in [9.17, 15) is 0 Å². The van der Waals surface area contributed by atoms with Crippen LogP contribution < -0.4 is 5.73 Å². The summed E-state index contributed by atoms with van der Waals surface area (Å²) in [6.45, 7) is 10.6. The molecule has 0 fully saturated rings. The van der Waals surface area contributed by atoms with Gasteiger partial charge in [0.2, 0.25) is 0 Å². The van der Waals surface area contributed by atoms with Crippen LogP contribution in [0.4, 0.5) is 0 Å². The Balaban J connectivity index is 3.10. The smallest absolute Gasteiger partial charge is 0.0985 e. The third kappa shape index (κ3) is 2.29. The van der Waals surface area contributed by atoms with Gasteiger partial charge >= 0.3 is 0 Å². The lowest BCUT2D eigenvalue weighted by Gasteiger charge is -2.13. The zero-order valence-corrected chi connectivity index (χ0v) is 9.83. The van der Waals surface area contributed by atoms with E-state index >= 15 is 0 Å². The Morgan fingerprint density at radius 2 is 1.92 bits per heavy atom.